The Bertz CT molecular complexity index is 970. The number of carbonyl (C=O) groups is 1. The SMILES string of the molecule is O=C(NC1C[C@H]2CC[C@@H](C1)N2CCCOc1ccc(Cl)cc1)[C@H]1CCc2cc(Cl)ccc2O1. The van der Waals surface area contributed by atoms with Gasteiger partial charge in [0.1, 0.15) is 11.5 Å². The van der Waals surface area contributed by atoms with Crippen LogP contribution in [0.15, 0.2) is 42.5 Å². The molecule has 1 unspecified atom stereocenters. The Balaban J connectivity index is 1.07. The van der Waals surface area contributed by atoms with E-state index in [2.05, 4.69) is 10.2 Å². The average Bonchev–Trinajstić information content (AvgIpc) is 3.05. The molecular formula is C26H30Cl2N2O3. The van der Waals surface area contributed by atoms with Crippen molar-refractivity contribution in [3.05, 3.63) is 58.1 Å². The maximum Gasteiger partial charge on any atom is 0.261 e. The van der Waals surface area contributed by atoms with Crippen LogP contribution in [0.1, 0.15) is 44.1 Å². The second-order valence-electron chi connectivity index (χ2n) is 9.35. The summed E-state index contributed by atoms with van der Waals surface area (Å²) in [6, 6.07) is 14.4. The highest BCUT2D eigenvalue weighted by Crippen LogP contribution is 2.36. The summed E-state index contributed by atoms with van der Waals surface area (Å²) in [5.41, 5.74) is 1.08. The van der Waals surface area contributed by atoms with Gasteiger partial charge in [-0.15, -0.1) is 0 Å². The van der Waals surface area contributed by atoms with E-state index in [1.807, 2.05) is 42.5 Å². The number of halogens is 2. The molecule has 0 radical (unpaired) electrons. The van der Waals surface area contributed by atoms with Crippen molar-refractivity contribution in [1.82, 2.24) is 10.2 Å². The first-order chi connectivity index (χ1) is 16.0. The van der Waals surface area contributed by atoms with E-state index in [4.69, 9.17) is 32.7 Å². The zero-order chi connectivity index (χ0) is 22.8. The van der Waals surface area contributed by atoms with Gasteiger partial charge in [0.05, 0.1) is 6.61 Å². The third-order valence-electron chi connectivity index (χ3n) is 7.13. The molecule has 33 heavy (non-hydrogen) atoms. The summed E-state index contributed by atoms with van der Waals surface area (Å²) in [4.78, 5) is 15.6. The first-order valence-electron chi connectivity index (χ1n) is 11.9. The van der Waals surface area contributed by atoms with Gasteiger partial charge in [0.2, 0.25) is 0 Å². The minimum Gasteiger partial charge on any atom is -0.494 e. The fourth-order valence-corrected chi connectivity index (χ4v) is 5.88. The van der Waals surface area contributed by atoms with Crippen LogP contribution in [0.3, 0.4) is 0 Å². The van der Waals surface area contributed by atoms with Crippen LogP contribution >= 0.6 is 23.2 Å². The summed E-state index contributed by atoms with van der Waals surface area (Å²) in [5, 5.41) is 4.72. The molecule has 0 aromatic heterocycles. The van der Waals surface area contributed by atoms with Gasteiger partial charge in [-0.05, 0) is 93.0 Å². The van der Waals surface area contributed by atoms with Crippen molar-refractivity contribution < 1.29 is 14.3 Å². The highest BCUT2D eigenvalue weighted by molar-refractivity contribution is 6.30. The van der Waals surface area contributed by atoms with E-state index in [0.29, 0.717) is 30.1 Å². The third kappa shape index (κ3) is 5.42. The van der Waals surface area contributed by atoms with Crippen LogP contribution < -0.4 is 14.8 Å². The van der Waals surface area contributed by atoms with E-state index < -0.39 is 6.10 Å². The van der Waals surface area contributed by atoms with Crippen LogP contribution in [-0.2, 0) is 11.2 Å². The largest absolute Gasteiger partial charge is 0.494 e. The number of nitrogens with one attached hydrogen (secondary N) is 1. The number of rotatable bonds is 7. The highest BCUT2D eigenvalue weighted by atomic mass is 35.5. The molecule has 2 aromatic rings. The second kappa shape index (κ2) is 10.1. The standard InChI is InChI=1S/C26H30Cl2N2O3/c27-18-3-8-23(9-4-18)32-13-1-12-30-21-6-7-22(30)16-20(15-21)29-26(31)25-10-2-17-14-19(28)5-11-24(17)33-25/h3-5,8-9,11,14,20-22,25H,1-2,6-7,10,12-13,15-16H2,(H,29,31)/t20?,21-,22+,25-/m1/s1. The molecule has 2 fully saturated rings. The van der Waals surface area contributed by atoms with Crippen LogP contribution in [0.2, 0.25) is 10.0 Å². The molecule has 0 aliphatic carbocycles. The minimum absolute atomic E-state index is 0.0183. The molecule has 7 heteroatoms. The van der Waals surface area contributed by atoms with E-state index in [1.54, 1.807) is 0 Å². The number of amides is 1. The quantitative estimate of drug-likeness (QED) is 0.539. The minimum atomic E-state index is -0.417. The maximum atomic E-state index is 12.9. The molecule has 2 aromatic carbocycles. The van der Waals surface area contributed by atoms with Crippen molar-refractivity contribution in [3.8, 4) is 11.5 Å². The van der Waals surface area contributed by atoms with Crippen LogP contribution in [0, 0.1) is 0 Å². The molecule has 2 bridgehead atoms. The topological polar surface area (TPSA) is 50.8 Å². The first-order valence-corrected chi connectivity index (χ1v) is 12.7. The Hall–Kier alpha value is -1.95. The lowest BCUT2D eigenvalue weighted by Crippen LogP contribution is -2.53. The zero-order valence-electron chi connectivity index (χ0n) is 18.6. The molecule has 3 heterocycles. The van der Waals surface area contributed by atoms with Crippen LogP contribution in [0.4, 0.5) is 0 Å². The molecule has 176 valence electrons. The molecule has 5 rings (SSSR count). The van der Waals surface area contributed by atoms with Gasteiger partial charge in [-0.25, -0.2) is 0 Å². The van der Waals surface area contributed by atoms with Crippen molar-refractivity contribution in [2.24, 2.45) is 0 Å². The molecular weight excluding hydrogens is 459 g/mol. The van der Waals surface area contributed by atoms with Gasteiger partial charge in [0, 0.05) is 34.7 Å². The lowest BCUT2D eigenvalue weighted by Gasteiger charge is -2.39. The Morgan fingerprint density at radius 1 is 1.03 bits per heavy atom. The number of nitrogens with zero attached hydrogens (tertiary/aromatic N) is 1. The fraction of sp³-hybridized carbons (Fsp3) is 0.500. The number of ether oxygens (including phenoxy) is 2. The van der Waals surface area contributed by atoms with E-state index in [1.165, 1.54) is 12.8 Å². The van der Waals surface area contributed by atoms with Crippen LogP contribution in [-0.4, -0.2) is 48.2 Å². The summed E-state index contributed by atoms with van der Waals surface area (Å²) in [7, 11) is 0. The van der Waals surface area contributed by atoms with Gasteiger partial charge < -0.3 is 14.8 Å². The summed E-state index contributed by atoms with van der Waals surface area (Å²) in [6.07, 6.45) is 6.53. The fourth-order valence-electron chi connectivity index (χ4n) is 5.56. The molecule has 1 N–H and O–H groups in total. The van der Waals surface area contributed by atoms with Crippen molar-refractivity contribution >= 4 is 29.1 Å². The normalized spacial score (nSPS) is 26.4. The lowest BCUT2D eigenvalue weighted by atomic mass is 9.96. The summed E-state index contributed by atoms with van der Waals surface area (Å²) in [5.74, 6) is 1.66. The van der Waals surface area contributed by atoms with Crippen LogP contribution in [0.5, 0.6) is 11.5 Å². The number of aryl methyl sites for hydroxylation is 1. The first kappa shape index (κ1) is 22.8. The average molecular weight is 489 g/mol. The van der Waals surface area contributed by atoms with Gasteiger partial charge in [0.25, 0.3) is 5.91 Å². The molecule has 3 aliphatic rings. The Morgan fingerprint density at radius 3 is 2.52 bits per heavy atom. The van der Waals surface area contributed by atoms with E-state index in [-0.39, 0.29) is 11.9 Å². The molecule has 1 amide bonds. The smallest absolute Gasteiger partial charge is 0.261 e. The number of carbonyl (C=O) groups excluding carboxylic acids is 1. The van der Waals surface area contributed by atoms with E-state index in [9.17, 15) is 4.79 Å². The number of hydrogen-bond acceptors (Lipinski definition) is 4. The van der Waals surface area contributed by atoms with E-state index >= 15 is 0 Å². The molecule has 5 nitrogen and oxygen atoms in total. The number of hydrogen-bond donors (Lipinski definition) is 1. The Labute approximate surface area is 205 Å². The molecule has 3 aliphatic heterocycles. The van der Waals surface area contributed by atoms with Crippen molar-refractivity contribution in [2.75, 3.05) is 13.2 Å². The highest BCUT2D eigenvalue weighted by Gasteiger charge is 2.41. The van der Waals surface area contributed by atoms with Gasteiger partial charge in [-0.2, -0.15) is 0 Å². The van der Waals surface area contributed by atoms with Crippen molar-refractivity contribution in [2.45, 2.75) is 69.2 Å². The van der Waals surface area contributed by atoms with Gasteiger partial charge in [-0.3, -0.25) is 9.69 Å². The van der Waals surface area contributed by atoms with E-state index in [0.717, 1.165) is 54.3 Å². The lowest BCUT2D eigenvalue weighted by molar-refractivity contribution is -0.129. The monoisotopic (exact) mass is 488 g/mol. The van der Waals surface area contributed by atoms with Gasteiger partial charge in [-0.1, -0.05) is 23.2 Å². The Kier molecular flexibility index (Phi) is 7.00. The Morgan fingerprint density at radius 2 is 1.76 bits per heavy atom. The summed E-state index contributed by atoms with van der Waals surface area (Å²) in [6.45, 7) is 1.73. The van der Waals surface area contributed by atoms with Gasteiger partial charge >= 0.3 is 0 Å². The zero-order valence-corrected chi connectivity index (χ0v) is 20.2. The van der Waals surface area contributed by atoms with Crippen molar-refractivity contribution in [3.63, 3.8) is 0 Å². The van der Waals surface area contributed by atoms with Crippen molar-refractivity contribution in [1.29, 1.82) is 0 Å². The summed E-state index contributed by atoms with van der Waals surface area (Å²) >= 11 is 12.0. The maximum absolute atomic E-state index is 12.9. The van der Waals surface area contributed by atoms with Gasteiger partial charge in [0.15, 0.2) is 6.10 Å². The molecule has 2 saturated heterocycles. The predicted molar refractivity (Wildman–Crippen MR) is 130 cm³/mol. The molecule has 0 spiro atoms. The number of piperidine rings is 1. The molecule has 0 saturated carbocycles. The van der Waals surface area contributed by atoms with Crippen LogP contribution in [0.25, 0.3) is 0 Å². The number of benzene rings is 2. The number of fused-ring (bicyclic) bond motifs is 3. The molecule has 4 atom stereocenters. The second-order valence-corrected chi connectivity index (χ2v) is 10.2. The predicted octanol–water partition coefficient (Wildman–Crippen LogP) is 5.27. The summed E-state index contributed by atoms with van der Waals surface area (Å²) < 4.78 is 11.8. The third-order valence-corrected chi connectivity index (χ3v) is 7.62.